The van der Waals surface area contributed by atoms with E-state index >= 15 is 0 Å². The van der Waals surface area contributed by atoms with Crippen LogP contribution in [0.2, 0.25) is 0 Å². The van der Waals surface area contributed by atoms with Gasteiger partial charge in [-0.15, -0.1) is 5.10 Å². The Hall–Kier alpha value is -3.89. The summed E-state index contributed by atoms with van der Waals surface area (Å²) in [6.07, 6.45) is 0.478. The van der Waals surface area contributed by atoms with E-state index in [1.165, 1.54) is 11.0 Å². The first-order valence-electron chi connectivity index (χ1n) is 13.3. The predicted octanol–water partition coefficient (Wildman–Crippen LogP) is 4.82. The lowest BCUT2D eigenvalue weighted by Gasteiger charge is -2.27. The van der Waals surface area contributed by atoms with Crippen molar-refractivity contribution in [3.8, 4) is 0 Å². The van der Waals surface area contributed by atoms with E-state index in [1.807, 2.05) is 91.0 Å². The normalized spacial score (nSPS) is 12.6. The molecule has 2 unspecified atom stereocenters. The monoisotopic (exact) mass is 545 g/mol. The average molecular weight is 546 g/mol. The summed E-state index contributed by atoms with van der Waals surface area (Å²) in [5.41, 5.74) is 3.16. The number of carbonyl (C=O) groups is 1. The smallest absolute Gasteiger partial charge is 0.378 e. The lowest BCUT2D eigenvalue weighted by Crippen LogP contribution is -2.39. The van der Waals surface area contributed by atoms with Crippen molar-refractivity contribution in [3.63, 3.8) is 0 Å². The molecule has 4 rings (SSSR count). The maximum atomic E-state index is 12.0. The molecule has 1 aromatic heterocycles. The molecule has 210 valence electrons. The molecule has 9 nitrogen and oxygen atoms in total. The first-order chi connectivity index (χ1) is 19.7. The second-order valence-corrected chi connectivity index (χ2v) is 9.00. The Bertz CT molecular complexity index is 1250. The van der Waals surface area contributed by atoms with Crippen LogP contribution < -0.4 is 0 Å². The Morgan fingerprint density at radius 3 is 1.75 bits per heavy atom. The fourth-order valence-corrected chi connectivity index (χ4v) is 3.86. The van der Waals surface area contributed by atoms with Crippen LogP contribution in [0.25, 0.3) is 0 Å². The Balaban J connectivity index is 1.45. The summed E-state index contributed by atoms with van der Waals surface area (Å²) in [5, 5.41) is 4.18. The van der Waals surface area contributed by atoms with Gasteiger partial charge >= 0.3 is 5.97 Å². The minimum atomic E-state index is -0.581. The van der Waals surface area contributed by atoms with Crippen molar-refractivity contribution >= 4 is 5.97 Å². The highest BCUT2D eigenvalue weighted by molar-refractivity contribution is 5.84. The van der Waals surface area contributed by atoms with Gasteiger partial charge in [-0.25, -0.2) is 14.5 Å². The van der Waals surface area contributed by atoms with Gasteiger partial charge in [0, 0.05) is 0 Å². The van der Waals surface area contributed by atoms with Gasteiger partial charge in [0.2, 0.25) is 0 Å². The molecule has 0 spiro atoms. The number of benzene rings is 3. The molecule has 0 N–H and O–H groups in total. The quantitative estimate of drug-likeness (QED) is 0.174. The Morgan fingerprint density at radius 2 is 1.23 bits per heavy atom. The second kappa shape index (κ2) is 16.3. The Kier molecular flexibility index (Phi) is 11.8. The largest absolute Gasteiger partial charge is 0.460 e. The molecule has 0 amide bonds. The molecule has 0 aliphatic heterocycles. The highest BCUT2D eigenvalue weighted by Gasteiger charge is 2.25. The fraction of sp³-hybridized carbons (Fsp3) is 0.323. The average Bonchev–Trinajstić information content (AvgIpc) is 3.48. The van der Waals surface area contributed by atoms with Gasteiger partial charge in [-0.05, 0) is 23.6 Å². The van der Waals surface area contributed by atoms with Crippen LogP contribution in [-0.4, -0.2) is 52.8 Å². The number of ether oxygens (including phenoxy) is 5. The van der Waals surface area contributed by atoms with Gasteiger partial charge in [0.1, 0.15) is 25.3 Å². The molecule has 1 heterocycles. The Morgan fingerprint density at radius 1 is 0.725 bits per heavy atom. The number of hydrogen-bond donors (Lipinski definition) is 0. The molecule has 0 saturated carbocycles. The molecule has 0 radical (unpaired) electrons. The van der Waals surface area contributed by atoms with Crippen molar-refractivity contribution in [3.05, 3.63) is 120 Å². The summed E-state index contributed by atoms with van der Waals surface area (Å²) < 4.78 is 31.2. The fourth-order valence-electron chi connectivity index (χ4n) is 3.86. The van der Waals surface area contributed by atoms with Crippen LogP contribution in [0, 0.1) is 0 Å². The SMILES string of the molecule is CCOC(=O)c1ncn(COC(COCc2ccccc2)C(COCc2ccccc2)OCc2ccccc2)n1. The number of rotatable bonds is 17. The van der Waals surface area contributed by atoms with Crippen molar-refractivity contribution in [2.24, 2.45) is 0 Å². The molecule has 0 aliphatic carbocycles. The molecule has 40 heavy (non-hydrogen) atoms. The minimum Gasteiger partial charge on any atom is -0.460 e. The third-order valence-corrected chi connectivity index (χ3v) is 5.92. The van der Waals surface area contributed by atoms with Crippen LogP contribution in [0.3, 0.4) is 0 Å². The first-order valence-corrected chi connectivity index (χ1v) is 13.3. The van der Waals surface area contributed by atoms with Crippen LogP contribution in [0.5, 0.6) is 0 Å². The molecule has 2 atom stereocenters. The van der Waals surface area contributed by atoms with E-state index in [9.17, 15) is 4.79 Å². The van der Waals surface area contributed by atoms with E-state index in [0.717, 1.165) is 16.7 Å². The number of carbonyl (C=O) groups excluding carboxylic acids is 1. The van der Waals surface area contributed by atoms with Crippen LogP contribution in [0.15, 0.2) is 97.3 Å². The molecule has 9 heteroatoms. The van der Waals surface area contributed by atoms with Crippen molar-refractivity contribution in [1.82, 2.24) is 14.8 Å². The summed E-state index contributed by atoms with van der Waals surface area (Å²) in [7, 11) is 0. The summed E-state index contributed by atoms with van der Waals surface area (Å²) >= 11 is 0. The first kappa shape index (κ1) is 29.1. The topological polar surface area (TPSA) is 93.9 Å². The lowest BCUT2D eigenvalue weighted by atomic mass is 10.2. The molecule has 0 saturated heterocycles. The van der Waals surface area contributed by atoms with E-state index in [1.54, 1.807) is 6.92 Å². The van der Waals surface area contributed by atoms with E-state index < -0.39 is 18.2 Å². The third kappa shape index (κ3) is 9.69. The maximum absolute atomic E-state index is 12.0. The highest BCUT2D eigenvalue weighted by atomic mass is 16.6. The summed E-state index contributed by atoms with van der Waals surface area (Å²) in [6.45, 7) is 3.80. The zero-order valence-electron chi connectivity index (χ0n) is 22.6. The standard InChI is InChI=1S/C31H35N3O6/c1-2-38-31(35)30-32-23-34(33-30)24-40-29(22-37-19-26-14-8-4-9-15-26)28(39-20-27-16-10-5-11-17-27)21-36-18-25-12-6-3-7-13-25/h3-17,23,28-29H,2,18-22,24H2,1H3. The van der Waals surface area contributed by atoms with Crippen molar-refractivity contribution in [1.29, 1.82) is 0 Å². The maximum Gasteiger partial charge on any atom is 0.378 e. The molecular formula is C31H35N3O6. The van der Waals surface area contributed by atoms with Gasteiger partial charge < -0.3 is 23.7 Å². The van der Waals surface area contributed by atoms with Gasteiger partial charge in [0.15, 0.2) is 0 Å². The van der Waals surface area contributed by atoms with Crippen LogP contribution >= 0.6 is 0 Å². The molecule has 0 fully saturated rings. The van der Waals surface area contributed by atoms with Gasteiger partial charge in [-0.2, -0.15) is 0 Å². The van der Waals surface area contributed by atoms with Crippen LogP contribution in [0.1, 0.15) is 34.2 Å². The highest BCUT2D eigenvalue weighted by Crippen LogP contribution is 2.14. The number of nitrogens with zero attached hydrogens (tertiary/aromatic N) is 3. The minimum absolute atomic E-state index is 0.0228. The lowest BCUT2D eigenvalue weighted by molar-refractivity contribution is -0.149. The Labute approximate surface area is 234 Å². The van der Waals surface area contributed by atoms with E-state index in [2.05, 4.69) is 10.1 Å². The molecule has 0 bridgehead atoms. The summed E-state index contributed by atoms with van der Waals surface area (Å²) in [5.74, 6) is -0.604. The predicted molar refractivity (Wildman–Crippen MR) is 148 cm³/mol. The summed E-state index contributed by atoms with van der Waals surface area (Å²) in [4.78, 5) is 16.0. The van der Waals surface area contributed by atoms with Crippen molar-refractivity contribution < 1.29 is 28.5 Å². The molecule has 4 aromatic rings. The van der Waals surface area contributed by atoms with E-state index in [4.69, 9.17) is 23.7 Å². The van der Waals surface area contributed by atoms with E-state index in [-0.39, 0.29) is 32.4 Å². The van der Waals surface area contributed by atoms with Crippen LogP contribution in [-0.2, 0) is 50.2 Å². The number of aromatic nitrogens is 3. The zero-order chi connectivity index (χ0) is 27.8. The van der Waals surface area contributed by atoms with Crippen molar-refractivity contribution in [2.75, 3.05) is 19.8 Å². The second-order valence-electron chi connectivity index (χ2n) is 9.00. The van der Waals surface area contributed by atoms with Crippen molar-refractivity contribution in [2.45, 2.75) is 45.7 Å². The molecule has 3 aromatic carbocycles. The molecule has 0 aliphatic rings. The number of esters is 1. The molecular weight excluding hydrogens is 510 g/mol. The van der Waals surface area contributed by atoms with Gasteiger partial charge in [-0.1, -0.05) is 91.0 Å². The third-order valence-electron chi connectivity index (χ3n) is 5.92. The van der Waals surface area contributed by atoms with Gasteiger partial charge in [-0.3, -0.25) is 0 Å². The van der Waals surface area contributed by atoms with Gasteiger partial charge in [0.25, 0.3) is 5.82 Å². The number of hydrogen-bond acceptors (Lipinski definition) is 8. The summed E-state index contributed by atoms with van der Waals surface area (Å²) in [6, 6.07) is 29.8. The van der Waals surface area contributed by atoms with Crippen LogP contribution in [0.4, 0.5) is 0 Å². The zero-order valence-corrected chi connectivity index (χ0v) is 22.6. The van der Waals surface area contributed by atoms with E-state index in [0.29, 0.717) is 19.8 Å². The van der Waals surface area contributed by atoms with Gasteiger partial charge in [0.05, 0.1) is 39.6 Å².